The lowest BCUT2D eigenvalue weighted by molar-refractivity contribution is 0.185. The van der Waals surface area contributed by atoms with Crippen molar-refractivity contribution < 1.29 is 24.8 Å². The molecule has 0 spiro atoms. The Morgan fingerprint density at radius 1 is 0.714 bits per heavy atom. The number of ether oxygens (including phenoxy) is 2. The minimum atomic E-state index is 0. The summed E-state index contributed by atoms with van der Waals surface area (Å²) in [6, 6.07) is 4.52. The molecule has 2 aliphatic rings. The van der Waals surface area contributed by atoms with Crippen molar-refractivity contribution in [2.24, 2.45) is 11.8 Å². The third kappa shape index (κ3) is 10.2. The van der Waals surface area contributed by atoms with Gasteiger partial charge in [-0.2, -0.15) is 0 Å². The molecule has 0 aliphatic heterocycles. The summed E-state index contributed by atoms with van der Waals surface area (Å²) in [5.74, 6) is 4.13. The van der Waals surface area contributed by atoms with Crippen LogP contribution in [0.2, 0.25) is 0 Å². The number of rotatable bonds is 12. The van der Waals surface area contributed by atoms with Gasteiger partial charge in [0.25, 0.3) is 0 Å². The summed E-state index contributed by atoms with van der Waals surface area (Å²) < 4.78 is 11.2. The molecule has 49 heavy (non-hydrogen) atoms. The number of hydrogen-bond donors (Lipinski definition) is 3. The monoisotopic (exact) mass is 679 g/mol. The van der Waals surface area contributed by atoms with Crippen molar-refractivity contribution in [1.29, 1.82) is 0 Å². The molecule has 4 rings (SSSR count). The van der Waals surface area contributed by atoms with E-state index in [0.29, 0.717) is 41.1 Å². The van der Waals surface area contributed by atoms with E-state index < -0.39 is 0 Å². The molecule has 0 fully saturated rings. The number of allylic oxidation sites excluding steroid dienone is 4. The summed E-state index contributed by atoms with van der Waals surface area (Å²) in [5.41, 5.74) is 11.2. The van der Waals surface area contributed by atoms with E-state index in [0.717, 1.165) is 55.4 Å². The van der Waals surface area contributed by atoms with Crippen LogP contribution in [0.3, 0.4) is 0 Å². The van der Waals surface area contributed by atoms with E-state index in [-0.39, 0.29) is 26.6 Å². The molecule has 0 saturated carbocycles. The molecule has 2 aromatic carbocycles. The zero-order valence-corrected chi connectivity index (χ0v) is 32.0. The molecule has 0 aromatic heterocycles. The quantitative estimate of drug-likeness (QED) is 0.195. The molecule has 0 unspecified atom stereocenters. The fourth-order valence-corrected chi connectivity index (χ4v) is 8.36. The Morgan fingerprint density at radius 2 is 1.14 bits per heavy atom. The lowest BCUT2D eigenvalue weighted by atomic mass is 9.70. The van der Waals surface area contributed by atoms with E-state index in [2.05, 4.69) is 79.7 Å². The zero-order chi connectivity index (χ0) is 35.7. The number of phenols is 1. The molecule has 3 N–H and O–H groups in total. The van der Waals surface area contributed by atoms with E-state index in [4.69, 9.17) is 9.47 Å². The number of aliphatic hydroxyl groups excluding tert-OH is 2. The van der Waals surface area contributed by atoms with Crippen LogP contribution in [-0.2, 0) is 0 Å². The summed E-state index contributed by atoms with van der Waals surface area (Å²) in [6.07, 6.45) is 13.1. The van der Waals surface area contributed by atoms with Crippen LogP contribution in [0.1, 0.15) is 163 Å². The van der Waals surface area contributed by atoms with Gasteiger partial charge < -0.3 is 24.8 Å². The number of aromatic hydroxyl groups is 1. The fraction of sp³-hybridized carbons (Fsp3) is 0.636. The molecule has 0 saturated heterocycles. The van der Waals surface area contributed by atoms with Crippen LogP contribution in [0.15, 0.2) is 35.4 Å². The number of fused-ring (bicyclic) bond motifs is 2. The van der Waals surface area contributed by atoms with Gasteiger partial charge in [-0.15, -0.1) is 0 Å². The Balaban J connectivity index is 0.000000333. The molecule has 0 radical (unpaired) electrons. The lowest BCUT2D eigenvalue weighted by Gasteiger charge is -2.36. The van der Waals surface area contributed by atoms with Crippen LogP contribution in [0.5, 0.6) is 17.2 Å². The maximum atomic E-state index is 10.7. The third-order valence-corrected chi connectivity index (χ3v) is 11.2. The zero-order valence-electron chi connectivity index (χ0n) is 32.0. The minimum Gasteiger partial charge on any atom is -0.504 e. The second-order valence-electron chi connectivity index (χ2n) is 15.2. The number of hydrogen-bond acceptors (Lipinski definition) is 5. The molecule has 2 aliphatic carbocycles. The predicted octanol–water partition coefficient (Wildman–Crippen LogP) is 11.3. The van der Waals surface area contributed by atoms with Crippen LogP contribution in [0.25, 0.3) is 0 Å². The number of aliphatic hydroxyl groups is 2. The summed E-state index contributed by atoms with van der Waals surface area (Å²) in [5, 5.41) is 30.7. The number of aryl methyl sites for hydroxylation is 2. The molecule has 5 nitrogen and oxygen atoms in total. The van der Waals surface area contributed by atoms with Crippen molar-refractivity contribution in [3.05, 3.63) is 74.4 Å². The van der Waals surface area contributed by atoms with Crippen molar-refractivity contribution in [3.8, 4) is 17.2 Å². The standard InChI is InChI=1S/C22H34O2.C21H32O3.CH4/c1-14(2)8-7-9-18(13-23)19-11-10-15(3)21-20(19)12-16(4)17(5)22(21)24-6;1-13(2)7-6-8-16(12-22)17-10-9-14(3)19-18(17)11-15(4)21(24-5)20(19)23;/h8,12,15,18-19,23H,7,9-11,13H2,1-6H3;7,11,14,16-17,22-23H,6,8-10,12H2,1-5H3;1H4/t15-,18-,19+;14-,16-,17+;/m11./s1. The molecule has 0 bridgehead atoms. The van der Waals surface area contributed by atoms with Crippen molar-refractivity contribution in [3.63, 3.8) is 0 Å². The van der Waals surface area contributed by atoms with Crippen molar-refractivity contribution in [2.75, 3.05) is 27.4 Å². The second-order valence-corrected chi connectivity index (χ2v) is 15.2. The first-order valence-corrected chi connectivity index (χ1v) is 18.4. The lowest BCUT2D eigenvalue weighted by Crippen LogP contribution is -2.24. The number of benzene rings is 2. The molecule has 5 heteroatoms. The summed E-state index contributed by atoms with van der Waals surface area (Å²) in [7, 11) is 3.39. The first kappa shape index (κ1) is 42.4. The van der Waals surface area contributed by atoms with E-state index in [1.54, 1.807) is 14.2 Å². The Hall–Kier alpha value is -2.76. The van der Waals surface area contributed by atoms with Gasteiger partial charge in [-0.1, -0.05) is 56.7 Å². The molecule has 0 heterocycles. The van der Waals surface area contributed by atoms with Gasteiger partial charge in [-0.25, -0.2) is 0 Å². The van der Waals surface area contributed by atoms with Gasteiger partial charge in [-0.05, 0) is 163 Å². The van der Waals surface area contributed by atoms with Crippen molar-refractivity contribution >= 4 is 0 Å². The maximum absolute atomic E-state index is 10.7. The van der Waals surface area contributed by atoms with Crippen LogP contribution >= 0.6 is 0 Å². The summed E-state index contributed by atoms with van der Waals surface area (Å²) in [4.78, 5) is 0. The molecule has 276 valence electrons. The normalized spacial score (nSPS) is 20.7. The largest absolute Gasteiger partial charge is 0.504 e. The smallest absolute Gasteiger partial charge is 0.163 e. The molecule has 6 atom stereocenters. The van der Waals surface area contributed by atoms with E-state index in [9.17, 15) is 15.3 Å². The summed E-state index contributed by atoms with van der Waals surface area (Å²) >= 11 is 0. The Bertz CT molecular complexity index is 1410. The van der Waals surface area contributed by atoms with Gasteiger partial charge in [-0.3, -0.25) is 0 Å². The third-order valence-electron chi connectivity index (χ3n) is 11.2. The van der Waals surface area contributed by atoms with Gasteiger partial charge in [0.1, 0.15) is 5.75 Å². The fourth-order valence-electron chi connectivity index (χ4n) is 8.36. The van der Waals surface area contributed by atoms with Crippen LogP contribution in [-0.4, -0.2) is 42.8 Å². The van der Waals surface area contributed by atoms with Gasteiger partial charge in [0.15, 0.2) is 11.5 Å². The average Bonchev–Trinajstić information content (AvgIpc) is 3.03. The second kappa shape index (κ2) is 19.6. The number of methoxy groups -OCH3 is 2. The Morgan fingerprint density at radius 3 is 1.57 bits per heavy atom. The molecular formula is C44H70O5. The van der Waals surface area contributed by atoms with Gasteiger partial charge >= 0.3 is 0 Å². The van der Waals surface area contributed by atoms with Crippen molar-refractivity contribution in [1.82, 2.24) is 0 Å². The Kier molecular flexibility index (Phi) is 16.9. The predicted molar refractivity (Wildman–Crippen MR) is 208 cm³/mol. The van der Waals surface area contributed by atoms with Crippen molar-refractivity contribution in [2.45, 2.75) is 145 Å². The van der Waals surface area contributed by atoms with Gasteiger partial charge in [0.2, 0.25) is 0 Å². The molecular weight excluding hydrogens is 608 g/mol. The average molecular weight is 679 g/mol. The van der Waals surface area contributed by atoms with Gasteiger partial charge in [0.05, 0.1) is 14.2 Å². The molecule has 0 amide bonds. The number of phenolic OH excluding ortho intramolecular Hbond substituents is 1. The highest BCUT2D eigenvalue weighted by Gasteiger charge is 2.35. The van der Waals surface area contributed by atoms with Gasteiger partial charge in [0, 0.05) is 24.3 Å². The van der Waals surface area contributed by atoms with Crippen LogP contribution in [0.4, 0.5) is 0 Å². The topological polar surface area (TPSA) is 79.2 Å². The molecule has 2 aromatic rings. The van der Waals surface area contributed by atoms with E-state index in [1.807, 2.05) is 6.92 Å². The maximum Gasteiger partial charge on any atom is 0.163 e. The highest BCUT2D eigenvalue weighted by molar-refractivity contribution is 5.58. The first-order chi connectivity index (χ1) is 22.8. The highest BCUT2D eigenvalue weighted by atomic mass is 16.5. The highest BCUT2D eigenvalue weighted by Crippen LogP contribution is 2.51. The first-order valence-electron chi connectivity index (χ1n) is 18.4. The van der Waals surface area contributed by atoms with E-state index in [1.165, 1.54) is 51.8 Å². The van der Waals surface area contributed by atoms with E-state index >= 15 is 0 Å². The SMILES string of the molecule is C.COc1c(C)c(C)cc2c1[C@H](C)CC[C@H]2[C@@H](CO)CCC=C(C)C.COc1c(C)cc2c(c1O)[C@H](C)CC[C@H]2[C@@H](CO)CCC=C(C)C. The van der Waals surface area contributed by atoms with Crippen LogP contribution < -0.4 is 9.47 Å². The Labute approximate surface area is 299 Å². The van der Waals surface area contributed by atoms with Crippen LogP contribution in [0, 0.1) is 32.6 Å². The summed E-state index contributed by atoms with van der Waals surface area (Å²) in [6.45, 7) is 19.7. The minimum absolute atomic E-state index is 0.